The Morgan fingerprint density at radius 2 is 1.85 bits per heavy atom. The molecule has 1 aromatic heterocycles. The van der Waals surface area contributed by atoms with Gasteiger partial charge in [-0.15, -0.1) is 6.58 Å². The number of hydrogen-bond donors (Lipinski definition) is 3. The average molecular weight is 395 g/mol. The van der Waals surface area contributed by atoms with Crippen molar-refractivity contribution in [1.82, 2.24) is 15.4 Å². The largest absolute Gasteiger partial charge is 0.459 e. The van der Waals surface area contributed by atoms with Crippen LogP contribution >= 0.6 is 0 Å². The average Bonchev–Trinajstić information content (AvgIpc) is 3.18. The van der Waals surface area contributed by atoms with Crippen molar-refractivity contribution in [1.29, 1.82) is 0 Å². The summed E-state index contributed by atoms with van der Waals surface area (Å²) in [7, 11) is -4.11. The molecule has 0 saturated heterocycles. The standard InChI is InChI=1S/C17H18FN3O5S/c1-2-7-21-27(24,25)15-11-12(5-6-13(15)18)16(22)19-8-9-20-17(23)14-4-3-10-26-14/h2-6,10-11,21H,1,7-9H2,(H,19,22)(H,20,23). The molecule has 0 saturated carbocycles. The zero-order valence-electron chi connectivity index (χ0n) is 14.2. The van der Waals surface area contributed by atoms with Gasteiger partial charge in [-0.1, -0.05) is 6.08 Å². The highest BCUT2D eigenvalue weighted by atomic mass is 32.2. The van der Waals surface area contributed by atoms with E-state index >= 15 is 0 Å². The first-order chi connectivity index (χ1) is 12.8. The number of benzene rings is 1. The maximum Gasteiger partial charge on any atom is 0.287 e. The minimum Gasteiger partial charge on any atom is -0.459 e. The normalized spacial score (nSPS) is 11.0. The second-order valence-corrected chi connectivity index (χ2v) is 7.01. The van der Waals surface area contributed by atoms with Crippen molar-refractivity contribution in [3.8, 4) is 0 Å². The lowest BCUT2D eigenvalue weighted by Gasteiger charge is -2.09. The van der Waals surface area contributed by atoms with Gasteiger partial charge in [0.05, 0.1) is 6.26 Å². The molecule has 1 aromatic carbocycles. The van der Waals surface area contributed by atoms with Crippen LogP contribution in [0.15, 0.2) is 58.6 Å². The molecule has 0 atom stereocenters. The Balaban J connectivity index is 1.95. The van der Waals surface area contributed by atoms with Gasteiger partial charge in [0.2, 0.25) is 10.0 Å². The lowest BCUT2D eigenvalue weighted by molar-refractivity contribution is 0.0910. The van der Waals surface area contributed by atoms with Crippen LogP contribution in [0.2, 0.25) is 0 Å². The molecule has 2 rings (SSSR count). The number of rotatable bonds is 9. The van der Waals surface area contributed by atoms with Crippen LogP contribution in [0.25, 0.3) is 0 Å². The number of halogens is 1. The predicted molar refractivity (Wildman–Crippen MR) is 95.2 cm³/mol. The highest BCUT2D eigenvalue weighted by Crippen LogP contribution is 2.16. The maximum absolute atomic E-state index is 13.9. The van der Waals surface area contributed by atoms with E-state index in [1.807, 2.05) is 0 Å². The van der Waals surface area contributed by atoms with Crippen LogP contribution in [0.5, 0.6) is 0 Å². The van der Waals surface area contributed by atoms with Crippen molar-refractivity contribution >= 4 is 21.8 Å². The van der Waals surface area contributed by atoms with E-state index in [4.69, 9.17) is 4.42 Å². The summed E-state index contributed by atoms with van der Waals surface area (Å²) >= 11 is 0. The van der Waals surface area contributed by atoms with Gasteiger partial charge in [-0.2, -0.15) is 0 Å². The van der Waals surface area contributed by atoms with Crippen molar-refractivity contribution in [3.63, 3.8) is 0 Å². The molecule has 10 heteroatoms. The van der Waals surface area contributed by atoms with Gasteiger partial charge < -0.3 is 15.1 Å². The van der Waals surface area contributed by atoms with E-state index in [1.165, 1.54) is 24.5 Å². The van der Waals surface area contributed by atoms with Crippen LogP contribution < -0.4 is 15.4 Å². The molecular weight excluding hydrogens is 377 g/mol. The van der Waals surface area contributed by atoms with Crippen LogP contribution in [0.4, 0.5) is 4.39 Å². The molecule has 0 fully saturated rings. The Kier molecular flexibility index (Phi) is 6.85. The van der Waals surface area contributed by atoms with Crippen LogP contribution in [-0.4, -0.2) is 39.9 Å². The molecule has 1 heterocycles. The molecular formula is C17H18FN3O5S. The van der Waals surface area contributed by atoms with E-state index < -0.39 is 32.6 Å². The van der Waals surface area contributed by atoms with Gasteiger partial charge in [-0.05, 0) is 30.3 Å². The Morgan fingerprint density at radius 3 is 2.48 bits per heavy atom. The lowest BCUT2D eigenvalue weighted by atomic mass is 10.2. The molecule has 0 unspecified atom stereocenters. The summed E-state index contributed by atoms with van der Waals surface area (Å²) < 4.78 is 45.0. The van der Waals surface area contributed by atoms with Crippen molar-refractivity contribution in [2.45, 2.75) is 4.90 Å². The number of carbonyl (C=O) groups is 2. The van der Waals surface area contributed by atoms with Crippen LogP contribution in [-0.2, 0) is 10.0 Å². The number of furan rings is 1. The van der Waals surface area contributed by atoms with Crippen LogP contribution in [0.1, 0.15) is 20.9 Å². The third-order valence-electron chi connectivity index (χ3n) is 3.34. The van der Waals surface area contributed by atoms with Gasteiger partial charge in [-0.25, -0.2) is 17.5 Å². The van der Waals surface area contributed by atoms with Crippen molar-refractivity contribution in [2.24, 2.45) is 0 Å². The number of carbonyl (C=O) groups excluding carboxylic acids is 2. The third kappa shape index (κ3) is 5.50. The highest BCUT2D eigenvalue weighted by Gasteiger charge is 2.20. The molecule has 2 aromatic rings. The van der Waals surface area contributed by atoms with Crippen molar-refractivity contribution in [2.75, 3.05) is 19.6 Å². The molecule has 0 radical (unpaired) electrons. The van der Waals surface area contributed by atoms with Crippen LogP contribution in [0.3, 0.4) is 0 Å². The molecule has 0 spiro atoms. The molecule has 27 heavy (non-hydrogen) atoms. The fraction of sp³-hybridized carbons (Fsp3) is 0.176. The lowest BCUT2D eigenvalue weighted by Crippen LogP contribution is -2.34. The summed E-state index contributed by atoms with van der Waals surface area (Å²) in [6.07, 6.45) is 2.67. The summed E-state index contributed by atoms with van der Waals surface area (Å²) in [6, 6.07) is 6.07. The molecule has 2 amide bonds. The number of hydrogen-bond acceptors (Lipinski definition) is 5. The number of sulfonamides is 1. The van der Waals surface area contributed by atoms with Gasteiger partial charge in [0.25, 0.3) is 11.8 Å². The Bertz CT molecular complexity index is 926. The van der Waals surface area contributed by atoms with Crippen molar-refractivity contribution in [3.05, 3.63) is 66.4 Å². The minimum atomic E-state index is -4.11. The maximum atomic E-state index is 13.9. The Labute approximate surface area is 155 Å². The second-order valence-electron chi connectivity index (χ2n) is 5.27. The van der Waals surface area contributed by atoms with E-state index in [9.17, 15) is 22.4 Å². The fourth-order valence-corrected chi connectivity index (χ4v) is 3.15. The quantitative estimate of drug-likeness (QED) is 0.433. The predicted octanol–water partition coefficient (Wildman–Crippen LogP) is 1.04. The molecule has 0 aliphatic carbocycles. The Morgan fingerprint density at radius 1 is 1.15 bits per heavy atom. The molecule has 144 valence electrons. The highest BCUT2D eigenvalue weighted by molar-refractivity contribution is 7.89. The summed E-state index contributed by atoms with van der Waals surface area (Å²) in [4.78, 5) is 23.1. The van der Waals surface area contributed by atoms with Crippen molar-refractivity contribution < 1.29 is 26.8 Å². The van der Waals surface area contributed by atoms with Gasteiger partial charge in [0.15, 0.2) is 5.76 Å². The van der Waals surface area contributed by atoms with Crippen LogP contribution in [0, 0.1) is 5.82 Å². The summed E-state index contributed by atoms with van der Waals surface area (Å²) in [6.45, 7) is 3.51. The molecule has 0 aliphatic heterocycles. The monoisotopic (exact) mass is 395 g/mol. The van der Waals surface area contributed by atoms with E-state index in [0.717, 1.165) is 12.1 Å². The van der Waals surface area contributed by atoms with E-state index in [0.29, 0.717) is 0 Å². The van der Waals surface area contributed by atoms with Gasteiger partial charge >= 0.3 is 0 Å². The number of amides is 2. The minimum absolute atomic E-state index is 0.0345. The third-order valence-corrected chi connectivity index (χ3v) is 4.78. The smallest absolute Gasteiger partial charge is 0.287 e. The molecule has 0 aliphatic rings. The zero-order valence-corrected chi connectivity index (χ0v) is 15.0. The first-order valence-electron chi connectivity index (χ1n) is 7.85. The van der Waals surface area contributed by atoms with E-state index in [-0.39, 0.29) is 31.0 Å². The topological polar surface area (TPSA) is 118 Å². The van der Waals surface area contributed by atoms with E-state index in [1.54, 1.807) is 6.07 Å². The summed E-state index contributed by atoms with van der Waals surface area (Å²) in [5, 5.41) is 5.04. The molecule has 0 bridgehead atoms. The number of nitrogens with one attached hydrogen (secondary N) is 3. The molecule has 8 nitrogen and oxygen atoms in total. The molecule has 3 N–H and O–H groups in total. The summed E-state index contributed by atoms with van der Waals surface area (Å²) in [5.41, 5.74) is -0.0345. The van der Waals surface area contributed by atoms with Gasteiger partial charge in [-0.3, -0.25) is 9.59 Å². The SMILES string of the molecule is C=CCNS(=O)(=O)c1cc(C(=O)NCCNC(=O)c2ccco2)ccc1F. The fourth-order valence-electron chi connectivity index (χ4n) is 2.05. The first-order valence-corrected chi connectivity index (χ1v) is 9.33. The zero-order chi connectivity index (χ0) is 19.9. The Hall–Kier alpha value is -2.98. The van der Waals surface area contributed by atoms with Gasteiger partial charge in [0.1, 0.15) is 10.7 Å². The second kappa shape index (κ2) is 9.10. The van der Waals surface area contributed by atoms with E-state index in [2.05, 4.69) is 21.9 Å². The van der Waals surface area contributed by atoms with Gasteiger partial charge in [0, 0.05) is 25.2 Å². The summed E-state index contributed by atoms with van der Waals surface area (Å²) in [5.74, 6) is -1.88. The first kappa shape index (κ1) is 20.3.